The Kier molecular flexibility index (Phi) is 5.74. The van der Waals surface area contributed by atoms with Gasteiger partial charge in [0, 0.05) is 10.5 Å². The minimum Gasteiger partial charge on any atom is -0.293 e. The molecule has 0 saturated carbocycles. The predicted molar refractivity (Wildman–Crippen MR) is 92.0 cm³/mol. The molecule has 0 atom stereocenters. The summed E-state index contributed by atoms with van der Waals surface area (Å²) in [5.41, 5.74) is 1.98. The Morgan fingerprint density at radius 3 is 2.29 bits per heavy atom. The summed E-state index contributed by atoms with van der Waals surface area (Å²) in [7, 11) is 0. The quantitative estimate of drug-likeness (QED) is 0.484. The van der Waals surface area contributed by atoms with Crippen molar-refractivity contribution in [3.8, 4) is 0 Å². The van der Waals surface area contributed by atoms with Crippen LogP contribution in [0.2, 0.25) is 10.0 Å². The first kappa shape index (κ1) is 16.4. The SMILES string of the molecule is CC(C)c1ccc(C(=O)CSc2ccc(Cl)c(Cl)c2)cc1. The zero-order valence-electron chi connectivity index (χ0n) is 11.9. The fourth-order valence-electron chi connectivity index (χ4n) is 1.85. The summed E-state index contributed by atoms with van der Waals surface area (Å²) in [5.74, 6) is 0.972. The van der Waals surface area contributed by atoms with Gasteiger partial charge < -0.3 is 0 Å². The Balaban J connectivity index is 1.99. The van der Waals surface area contributed by atoms with Crippen LogP contribution in [0.25, 0.3) is 0 Å². The number of halogens is 2. The van der Waals surface area contributed by atoms with Crippen molar-refractivity contribution in [2.75, 3.05) is 5.75 Å². The molecule has 0 aliphatic heterocycles. The van der Waals surface area contributed by atoms with Crippen molar-refractivity contribution in [2.45, 2.75) is 24.7 Å². The van der Waals surface area contributed by atoms with Crippen LogP contribution in [0.1, 0.15) is 35.7 Å². The molecule has 110 valence electrons. The highest BCUT2D eigenvalue weighted by molar-refractivity contribution is 8.00. The van der Waals surface area contributed by atoms with E-state index in [4.69, 9.17) is 23.2 Å². The van der Waals surface area contributed by atoms with Crippen LogP contribution < -0.4 is 0 Å². The summed E-state index contributed by atoms with van der Waals surface area (Å²) in [6.45, 7) is 4.27. The molecule has 21 heavy (non-hydrogen) atoms. The molecular formula is C17H16Cl2OS. The molecule has 0 aliphatic carbocycles. The summed E-state index contributed by atoms with van der Waals surface area (Å²) >= 11 is 13.3. The van der Waals surface area contributed by atoms with Crippen LogP contribution in [0.4, 0.5) is 0 Å². The van der Waals surface area contributed by atoms with Gasteiger partial charge >= 0.3 is 0 Å². The highest BCUT2D eigenvalue weighted by Gasteiger charge is 2.08. The van der Waals surface area contributed by atoms with Gasteiger partial charge in [-0.25, -0.2) is 0 Å². The maximum absolute atomic E-state index is 12.2. The number of carbonyl (C=O) groups excluding carboxylic acids is 1. The van der Waals surface area contributed by atoms with E-state index in [1.54, 1.807) is 12.1 Å². The fraction of sp³-hybridized carbons (Fsp3) is 0.235. The van der Waals surface area contributed by atoms with Gasteiger partial charge in [-0.15, -0.1) is 11.8 Å². The van der Waals surface area contributed by atoms with Crippen molar-refractivity contribution in [2.24, 2.45) is 0 Å². The van der Waals surface area contributed by atoms with E-state index in [0.29, 0.717) is 21.7 Å². The van der Waals surface area contributed by atoms with Crippen molar-refractivity contribution in [1.82, 2.24) is 0 Å². The molecule has 0 saturated heterocycles. The number of hydrogen-bond donors (Lipinski definition) is 0. The van der Waals surface area contributed by atoms with Crippen molar-refractivity contribution in [3.05, 3.63) is 63.6 Å². The monoisotopic (exact) mass is 338 g/mol. The average Bonchev–Trinajstić information content (AvgIpc) is 2.48. The fourth-order valence-corrected chi connectivity index (χ4v) is 3.05. The van der Waals surface area contributed by atoms with Gasteiger partial charge in [-0.3, -0.25) is 4.79 Å². The lowest BCUT2D eigenvalue weighted by Crippen LogP contribution is -2.02. The number of hydrogen-bond acceptors (Lipinski definition) is 2. The van der Waals surface area contributed by atoms with E-state index >= 15 is 0 Å². The zero-order valence-corrected chi connectivity index (χ0v) is 14.2. The largest absolute Gasteiger partial charge is 0.293 e. The van der Waals surface area contributed by atoms with Crippen molar-refractivity contribution in [3.63, 3.8) is 0 Å². The lowest BCUT2D eigenvalue weighted by molar-refractivity contribution is 0.102. The second kappa shape index (κ2) is 7.35. The molecule has 0 aliphatic rings. The van der Waals surface area contributed by atoms with Gasteiger partial charge in [0.15, 0.2) is 5.78 Å². The first-order valence-electron chi connectivity index (χ1n) is 6.68. The summed E-state index contributed by atoms with van der Waals surface area (Å²) in [4.78, 5) is 13.1. The van der Waals surface area contributed by atoms with Crippen molar-refractivity contribution in [1.29, 1.82) is 0 Å². The molecule has 0 bridgehead atoms. The normalized spacial score (nSPS) is 10.9. The third-order valence-corrected chi connectivity index (χ3v) is 4.89. The molecule has 0 spiro atoms. The molecular weight excluding hydrogens is 323 g/mol. The van der Waals surface area contributed by atoms with Crippen molar-refractivity contribution < 1.29 is 4.79 Å². The van der Waals surface area contributed by atoms with Crippen LogP contribution in [0.5, 0.6) is 0 Å². The highest BCUT2D eigenvalue weighted by Crippen LogP contribution is 2.28. The molecule has 0 radical (unpaired) electrons. The predicted octanol–water partition coefficient (Wildman–Crippen LogP) is 6.09. The average molecular weight is 339 g/mol. The van der Waals surface area contributed by atoms with E-state index in [9.17, 15) is 4.79 Å². The Bertz CT molecular complexity index is 636. The number of rotatable bonds is 5. The highest BCUT2D eigenvalue weighted by atomic mass is 35.5. The van der Waals surface area contributed by atoms with Crippen molar-refractivity contribution >= 4 is 40.7 Å². The van der Waals surface area contributed by atoms with Crippen LogP contribution in [-0.4, -0.2) is 11.5 Å². The third-order valence-electron chi connectivity index (χ3n) is 3.16. The van der Waals surface area contributed by atoms with Gasteiger partial charge in [-0.2, -0.15) is 0 Å². The minimum atomic E-state index is 0.112. The summed E-state index contributed by atoms with van der Waals surface area (Å²) < 4.78 is 0. The molecule has 0 unspecified atom stereocenters. The Labute approximate surface area is 139 Å². The number of benzene rings is 2. The summed E-state index contributed by atoms with van der Waals surface area (Å²) in [6.07, 6.45) is 0. The zero-order chi connectivity index (χ0) is 15.4. The lowest BCUT2D eigenvalue weighted by atomic mass is 10.0. The number of carbonyl (C=O) groups is 1. The van der Waals surface area contributed by atoms with Gasteiger partial charge in [-0.05, 0) is 29.7 Å². The van der Waals surface area contributed by atoms with E-state index in [0.717, 1.165) is 10.5 Å². The lowest BCUT2D eigenvalue weighted by Gasteiger charge is -2.07. The summed E-state index contributed by atoms with van der Waals surface area (Å²) in [6, 6.07) is 13.2. The van der Waals surface area contributed by atoms with E-state index in [-0.39, 0.29) is 5.78 Å². The minimum absolute atomic E-state index is 0.112. The number of thioether (sulfide) groups is 1. The molecule has 0 fully saturated rings. The van der Waals surface area contributed by atoms with Crippen LogP contribution >= 0.6 is 35.0 Å². The maximum Gasteiger partial charge on any atom is 0.173 e. The number of ketones is 1. The second-order valence-electron chi connectivity index (χ2n) is 5.06. The first-order valence-corrected chi connectivity index (χ1v) is 8.42. The van der Waals surface area contributed by atoms with Crippen LogP contribution in [-0.2, 0) is 0 Å². The Morgan fingerprint density at radius 2 is 1.71 bits per heavy atom. The molecule has 2 aromatic carbocycles. The molecule has 1 nitrogen and oxygen atoms in total. The Hall–Kier alpha value is -0.960. The van der Waals surface area contributed by atoms with Gasteiger partial charge in [0.05, 0.1) is 15.8 Å². The van der Waals surface area contributed by atoms with Gasteiger partial charge in [0.2, 0.25) is 0 Å². The molecule has 4 heteroatoms. The standard InChI is InChI=1S/C17H16Cl2OS/c1-11(2)12-3-5-13(6-4-12)17(20)10-21-14-7-8-15(18)16(19)9-14/h3-9,11H,10H2,1-2H3. The molecule has 2 aromatic rings. The third kappa shape index (κ3) is 4.50. The smallest absolute Gasteiger partial charge is 0.173 e. The van der Waals surface area contributed by atoms with Crippen LogP contribution in [0.3, 0.4) is 0 Å². The first-order chi connectivity index (χ1) is 9.97. The maximum atomic E-state index is 12.2. The van der Waals surface area contributed by atoms with E-state index in [1.807, 2.05) is 30.3 Å². The van der Waals surface area contributed by atoms with Gasteiger partial charge in [-0.1, -0.05) is 61.3 Å². The Morgan fingerprint density at radius 1 is 1.05 bits per heavy atom. The van der Waals surface area contributed by atoms with E-state index in [1.165, 1.54) is 17.3 Å². The van der Waals surface area contributed by atoms with E-state index < -0.39 is 0 Å². The van der Waals surface area contributed by atoms with Crippen LogP contribution in [0.15, 0.2) is 47.4 Å². The molecule has 0 amide bonds. The second-order valence-corrected chi connectivity index (χ2v) is 6.93. The molecule has 0 heterocycles. The van der Waals surface area contributed by atoms with Gasteiger partial charge in [0.25, 0.3) is 0 Å². The van der Waals surface area contributed by atoms with Gasteiger partial charge in [0.1, 0.15) is 0 Å². The van der Waals surface area contributed by atoms with E-state index in [2.05, 4.69) is 13.8 Å². The summed E-state index contributed by atoms with van der Waals surface area (Å²) in [5, 5.41) is 1.03. The molecule has 0 aromatic heterocycles. The molecule has 2 rings (SSSR count). The topological polar surface area (TPSA) is 17.1 Å². The van der Waals surface area contributed by atoms with Crippen LogP contribution in [0, 0.1) is 0 Å². The molecule has 0 N–H and O–H groups in total. The number of Topliss-reactive ketones (excluding diaryl/α,β-unsaturated/α-hetero) is 1.